The molecule has 0 saturated heterocycles. The van der Waals surface area contributed by atoms with Crippen LogP contribution in [0.25, 0.3) is 10.9 Å². The molecular formula is C30H34N6O4. The van der Waals surface area contributed by atoms with Crippen molar-refractivity contribution in [2.45, 2.75) is 46.4 Å². The van der Waals surface area contributed by atoms with Gasteiger partial charge in [-0.15, -0.1) is 5.10 Å². The number of rotatable bonds is 12. The molecule has 0 saturated carbocycles. The van der Waals surface area contributed by atoms with E-state index < -0.39 is 0 Å². The van der Waals surface area contributed by atoms with Crippen molar-refractivity contribution < 1.29 is 13.9 Å². The van der Waals surface area contributed by atoms with Crippen LogP contribution in [0.1, 0.15) is 49.5 Å². The van der Waals surface area contributed by atoms with Crippen molar-refractivity contribution in [2.24, 2.45) is 5.92 Å². The molecule has 0 amide bonds. The summed E-state index contributed by atoms with van der Waals surface area (Å²) in [7, 11) is 1.66. The average Bonchev–Trinajstić information content (AvgIpc) is 3.62. The van der Waals surface area contributed by atoms with Gasteiger partial charge in [0.05, 0.1) is 26.0 Å². The predicted molar refractivity (Wildman–Crippen MR) is 151 cm³/mol. The van der Waals surface area contributed by atoms with E-state index in [9.17, 15) is 4.79 Å². The molecule has 208 valence electrons. The van der Waals surface area contributed by atoms with Crippen LogP contribution in [-0.2, 0) is 19.6 Å². The van der Waals surface area contributed by atoms with Gasteiger partial charge in [0.15, 0.2) is 5.82 Å². The number of tetrazole rings is 1. The van der Waals surface area contributed by atoms with Crippen LogP contribution >= 0.6 is 0 Å². The Morgan fingerprint density at radius 2 is 1.88 bits per heavy atom. The van der Waals surface area contributed by atoms with Crippen LogP contribution in [0.5, 0.6) is 11.5 Å². The van der Waals surface area contributed by atoms with Crippen molar-refractivity contribution in [1.82, 2.24) is 30.1 Å². The van der Waals surface area contributed by atoms with E-state index in [1.165, 1.54) is 0 Å². The SMILES string of the molecule is CCOc1ccc2[nH]c(=O)c(CN(Cc3ccccc3OC)C(c3nnnn3Cc3ccco3)C(C)C)cc2c1. The molecule has 3 heterocycles. The fraction of sp³-hybridized carbons (Fsp3) is 0.333. The second kappa shape index (κ2) is 12.2. The number of hydrogen-bond donors (Lipinski definition) is 1. The molecule has 1 unspecified atom stereocenters. The monoisotopic (exact) mass is 542 g/mol. The Hall–Kier alpha value is -4.44. The lowest BCUT2D eigenvalue weighted by Crippen LogP contribution is -2.35. The number of aromatic nitrogens is 5. The van der Waals surface area contributed by atoms with E-state index in [-0.39, 0.29) is 17.5 Å². The Labute approximate surface area is 232 Å². The predicted octanol–water partition coefficient (Wildman–Crippen LogP) is 4.96. The number of benzene rings is 2. The van der Waals surface area contributed by atoms with Gasteiger partial charge in [-0.25, -0.2) is 4.68 Å². The number of pyridine rings is 1. The van der Waals surface area contributed by atoms with Crippen molar-refractivity contribution >= 4 is 10.9 Å². The highest BCUT2D eigenvalue weighted by molar-refractivity contribution is 5.80. The molecule has 10 heteroatoms. The van der Waals surface area contributed by atoms with Gasteiger partial charge in [-0.05, 0) is 65.7 Å². The van der Waals surface area contributed by atoms with Crippen LogP contribution in [-0.4, -0.2) is 43.8 Å². The van der Waals surface area contributed by atoms with Crippen molar-refractivity contribution in [3.63, 3.8) is 0 Å². The summed E-state index contributed by atoms with van der Waals surface area (Å²) in [6, 6.07) is 19.1. The van der Waals surface area contributed by atoms with Gasteiger partial charge >= 0.3 is 0 Å². The maximum absolute atomic E-state index is 13.3. The number of methoxy groups -OCH3 is 1. The highest BCUT2D eigenvalue weighted by Crippen LogP contribution is 2.32. The number of hydrogen-bond acceptors (Lipinski definition) is 8. The van der Waals surface area contributed by atoms with Crippen LogP contribution in [0, 0.1) is 5.92 Å². The van der Waals surface area contributed by atoms with E-state index in [1.54, 1.807) is 18.1 Å². The Bertz CT molecular complexity index is 1610. The summed E-state index contributed by atoms with van der Waals surface area (Å²) in [5.74, 6) is 3.09. The lowest BCUT2D eigenvalue weighted by Gasteiger charge is -2.34. The number of furan rings is 1. The highest BCUT2D eigenvalue weighted by atomic mass is 16.5. The molecule has 0 fully saturated rings. The molecule has 2 aromatic carbocycles. The number of aromatic amines is 1. The van der Waals surface area contributed by atoms with E-state index >= 15 is 0 Å². The van der Waals surface area contributed by atoms with Crippen molar-refractivity contribution in [2.75, 3.05) is 13.7 Å². The molecule has 1 N–H and O–H groups in total. The van der Waals surface area contributed by atoms with Gasteiger partial charge in [0, 0.05) is 35.1 Å². The summed E-state index contributed by atoms with van der Waals surface area (Å²) >= 11 is 0. The second-order valence-corrected chi connectivity index (χ2v) is 9.99. The Morgan fingerprint density at radius 1 is 1.05 bits per heavy atom. The minimum Gasteiger partial charge on any atom is -0.496 e. The molecule has 5 aromatic rings. The summed E-state index contributed by atoms with van der Waals surface area (Å²) in [4.78, 5) is 18.6. The van der Waals surface area contributed by atoms with Crippen LogP contribution in [0.4, 0.5) is 0 Å². The normalized spacial score (nSPS) is 12.3. The van der Waals surface area contributed by atoms with Gasteiger partial charge in [-0.1, -0.05) is 32.0 Å². The first-order valence-corrected chi connectivity index (χ1v) is 13.4. The third-order valence-corrected chi connectivity index (χ3v) is 6.88. The average molecular weight is 543 g/mol. The standard InChI is InChI=1S/C30H34N6O4/c1-5-39-24-12-13-26-22(16-24)15-23(30(37)31-26)18-35(17-21-9-6-7-11-27(21)38-4)28(20(2)3)29-32-33-34-36(29)19-25-10-8-14-40-25/h6-16,20,28H,5,17-19H2,1-4H3,(H,31,37). The highest BCUT2D eigenvalue weighted by Gasteiger charge is 2.31. The summed E-state index contributed by atoms with van der Waals surface area (Å²) in [5.41, 5.74) is 2.25. The number of H-pyrrole nitrogens is 1. The first kappa shape index (κ1) is 27.1. The smallest absolute Gasteiger partial charge is 0.252 e. The number of para-hydroxylation sites is 1. The summed E-state index contributed by atoms with van der Waals surface area (Å²) in [5, 5.41) is 13.6. The fourth-order valence-electron chi connectivity index (χ4n) is 5.10. The van der Waals surface area contributed by atoms with Gasteiger partial charge in [-0.2, -0.15) is 0 Å². The van der Waals surface area contributed by atoms with Gasteiger partial charge in [0.25, 0.3) is 5.56 Å². The molecule has 0 bridgehead atoms. The Balaban J connectivity index is 1.57. The quantitative estimate of drug-likeness (QED) is 0.235. The zero-order valence-electron chi connectivity index (χ0n) is 23.2. The van der Waals surface area contributed by atoms with Crippen molar-refractivity contribution in [3.8, 4) is 11.5 Å². The van der Waals surface area contributed by atoms with Gasteiger partial charge in [0.1, 0.15) is 23.8 Å². The van der Waals surface area contributed by atoms with Crippen molar-refractivity contribution in [3.05, 3.63) is 100.0 Å². The molecule has 0 aliphatic carbocycles. The van der Waals surface area contributed by atoms with E-state index in [1.807, 2.05) is 67.6 Å². The summed E-state index contributed by atoms with van der Waals surface area (Å²) in [6.07, 6.45) is 1.64. The first-order chi connectivity index (χ1) is 19.5. The third-order valence-electron chi connectivity index (χ3n) is 6.88. The largest absolute Gasteiger partial charge is 0.496 e. The van der Waals surface area contributed by atoms with Crippen LogP contribution < -0.4 is 15.0 Å². The molecule has 3 aromatic heterocycles. The number of fused-ring (bicyclic) bond motifs is 1. The lowest BCUT2D eigenvalue weighted by molar-refractivity contribution is 0.124. The van der Waals surface area contributed by atoms with E-state index in [2.05, 4.69) is 39.3 Å². The Morgan fingerprint density at radius 3 is 2.62 bits per heavy atom. The zero-order chi connectivity index (χ0) is 28.1. The van der Waals surface area contributed by atoms with E-state index in [0.29, 0.717) is 37.6 Å². The van der Waals surface area contributed by atoms with Crippen LogP contribution in [0.15, 0.2) is 76.1 Å². The molecule has 0 radical (unpaired) electrons. The maximum atomic E-state index is 13.3. The van der Waals surface area contributed by atoms with Crippen LogP contribution in [0.3, 0.4) is 0 Å². The van der Waals surface area contributed by atoms with Gasteiger partial charge in [-0.3, -0.25) is 9.69 Å². The summed E-state index contributed by atoms with van der Waals surface area (Å²) < 4.78 is 18.7. The first-order valence-electron chi connectivity index (χ1n) is 13.4. The van der Waals surface area contributed by atoms with E-state index in [4.69, 9.17) is 13.9 Å². The minimum atomic E-state index is -0.222. The third kappa shape index (κ3) is 5.91. The molecule has 0 aliphatic heterocycles. The molecule has 10 nitrogen and oxygen atoms in total. The zero-order valence-corrected chi connectivity index (χ0v) is 23.2. The molecule has 0 aliphatic rings. The van der Waals surface area contributed by atoms with Crippen LogP contribution in [0.2, 0.25) is 0 Å². The molecular weight excluding hydrogens is 508 g/mol. The summed E-state index contributed by atoms with van der Waals surface area (Å²) in [6.45, 7) is 8.05. The number of ether oxygens (including phenoxy) is 2. The van der Waals surface area contributed by atoms with Gasteiger partial charge in [0.2, 0.25) is 0 Å². The fourth-order valence-corrected chi connectivity index (χ4v) is 5.10. The van der Waals surface area contributed by atoms with Gasteiger partial charge < -0.3 is 18.9 Å². The molecule has 0 spiro atoms. The topological polar surface area (TPSA) is 111 Å². The molecule has 1 atom stereocenters. The number of nitrogens with zero attached hydrogens (tertiary/aromatic N) is 5. The second-order valence-electron chi connectivity index (χ2n) is 9.99. The molecule has 40 heavy (non-hydrogen) atoms. The Kier molecular flexibility index (Phi) is 8.26. The molecule has 5 rings (SSSR count). The minimum absolute atomic E-state index is 0.111. The van der Waals surface area contributed by atoms with E-state index in [0.717, 1.165) is 33.7 Å². The number of nitrogens with one attached hydrogen (secondary N) is 1. The maximum Gasteiger partial charge on any atom is 0.252 e. The lowest BCUT2D eigenvalue weighted by atomic mass is 9.99. The van der Waals surface area contributed by atoms with Crippen molar-refractivity contribution in [1.29, 1.82) is 0 Å².